The molecule has 0 amide bonds. The van der Waals surface area contributed by atoms with Crippen molar-refractivity contribution in [3.05, 3.63) is 0 Å². The summed E-state index contributed by atoms with van der Waals surface area (Å²) >= 11 is 0. The van der Waals surface area contributed by atoms with E-state index in [9.17, 15) is 9.90 Å². The summed E-state index contributed by atoms with van der Waals surface area (Å²) in [6, 6.07) is 0. The van der Waals surface area contributed by atoms with E-state index in [2.05, 4.69) is 20.8 Å². The molecule has 0 aliphatic carbocycles. The smallest absolute Gasteiger partial charge is 0.309 e. The van der Waals surface area contributed by atoms with Gasteiger partial charge in [-0.15, -0.1) is 0 Å². The van der Waals surface area contributed by atoms with E-state index < -0.39 is 23.6 Å². The van der Waals surface area contributed by atoms with Gasteiger partial charge in [0.15, 0.2) is 0 Å². The number of hydrogen-bond donors (Lipinski definition) is 1. The maximum absolute atomic E-state index is 11.3. The third-order valence-electron chi connectivity index (χ3n) is 3.13. The molecular formula is C16H32O4. The van der Waals surface area contributed by atoms with Gasteiger partial charge in [-0.1, -0.05) is 40.5 Å². The summed E-state index contributed by atoms with van der Waals surface area (Å²) in [4.78, 5) is 22.2. The van der Waals surface area contributed by atoms with Crippen LogP contribution in [-0.2, 0) is 14.6 Å². The standard InChI is InChI=1S/C16H32O4/c1-8-9-10-13(14(17)18)12(2)19-20-16(6,7)11-15(3,4)5/h12-13H,8-11H2,1-7H3,(H,17,18). The van der Waals surface area contributed by atoms with Gasteiger partial charge in [-0.05, 0) is 39.0 Å². The van der Waals surface area contributed by atoms with Crippen LogP contribution in [0.25, 0.3) is 0 Å². The summed E-state index contributed by atoms with van der Waals surface area (Å²) in [6.07, 6.45) is 2.87. The molecule has 4 nitrogen and oxygen atoms in total. The summed E-state index contributed by atoms with van der Waals surface area (Å²) in [7, 11) is 0. The molecule has 120 valence electrons. The largest absolute Gasteiger partial charge is 0.481 e. The van der Waals surface area contributed by atoms with E-state index in [4.69, 9.17) is 9.78 Å². The number of carbonyl (C=O) groups is 1. The minimum atomic E-state index is -0.817. The van der Waals surface area contributed by atoms with Crippen LogP contribution in [0.15, 0.2) is 0 Å². The lowest BCUT2D eigenvalue weighted by molar-refractivity contribution is -0.384. The number of unbranched alkanes of at least 4 members (excludes halogenated alkanes) is 1. The predicted molar refractivity (Wildman–Crippen MR) is 80.4 cm³/mol. The van der Waals surface area contributed by atoms with Gasteiger partial charge in [0, 0.05) is 0 Å². The molecule has 2 atom stereocenters. The normalized spacial score (nSPS) is 15.9. The average molecular weight is 288 g/mol. The van der Waals surface area contributed by atoms with E-state index in [0.29, 0.717) is 6.42 Å². The highest BCUT2D eigenvalue weighted by molar-refractivity contribution is 5.70. The Morgan fingerprint density at radius 2 is 1.75 bits per heavy atom. The molecule has 0 fully saturated rings. The number of rotatable bonds is 9. The van der Waals surface area contributed by atoms with Gasteiger partial charge in [0.25, 0.3) is 0 Å². The van der Waals surface area contributed by atoms with Crippen LogP contribution in [0.1, 0.15) is 74.1 Å². The lowest BCUT2D eigenvalue weighted by Gasteiger charge is -2.32. The molecule has 0 bridgehead atoms. The van der Waals surface area contributed by atoms with E-state index in [1.165, 1.54) is 0 Å². The molecule has 4 heteroatoms. The van der Waals surface area contributed by atoms with Gasteiger partial charge in [0.05, 0.1) is 11.5 Å². The maximum Gasteiger partial charge on any atom is 0.309 e. The Labute approximate surface area is 123 Å². The van der Waals surface area contributed by atoms with E-state index >= 15 is 0 Å². The third-order valence-corrected chi connectivity index (χ3v) is 3.13. The summed E-state index contributed by atoms with van der Waals surface area (Å²) in [6.45, 7) is 14.2. The second kappa shape index (κ2) is 7.99. The van der Waals surface area contributed by atoms with Gasteiger partial charge in [-0.2, -0.15) is 0 Å². The van der Waals surface area contributed by atoms with Crippen LogP contribution in [0.4, 0.5) is 0 Å². The van der Waals surface area contributed by atoms with Crippen molar-refractivity contribution in [2.24, 2.45) is 11.3 Å². The molecule has 0 aromatic carbocycles. The molecule has 0 aliphatic heterocycles. The second-order valence-electron chi connectivity index (χ2n) is 7.47. The van der Waals surface area contributed by atoms with E-state index in [-0.39, 0.29) is 5.41 Å². The van der Waals surface area contributed by atoms with E-state index in [1.54, 1.807) is 6.92 Å². The van der Waals surface area contributed by atoms with Crippen LogP contribution in [0.2, 0.25) is 0 Å². The van der Waals surface area contributed by atoms with Crippen molar-refractivity contribution in [2.45, 2.75) is 85.9 Å². The minimum Gasteiger partial charge on any atom is -0.481 e. The quantitative estimate of drug-likeness (QED) is 0.504. The summed E-state index contributed by atoms with van der Waals surface area (Å²) < 4.78 is 0. The Morgan fingerprint density at radius 1 is 1.20 bits per heavy atom. The zero-order valence-electron chi connectivity index (χ0n) is 14.2. The fourth-order valence-corrected chi connectivity index (χ4v) is 2.56. The van der Waals surface area contributed by atoms with Crippen LogP contribution in [-0.4, -0.2) is 22.8 Å². The molecule has 0 saturated heterocycles. The first-order valence-electron chi connectivity index (χ1n) is 7.56. The SMILES string of the molecule is CCCCC(C(=O)O)C(C)OOC(C)(C)CC(C)(C)C. The Balaban J connectivity index is 4.42. The number of aliphatic carboxylic acids is 1. The molecule has 1 N–H and O–H groups in total. The van der Waals surface area contributed by atoms with Gasteiger partial charge in [0.2, 0.25) is 0 Å². The Bertz CT molecular complexity index is 291. The van der Waals surface area contributed by atoms with Crippen LogP contribution >= 0.6 is 0 Å². The highest BCUT2D eigenvalue weighted by Gasteiger charge is 2.31. The van der Waals surface area contributed by atoms with E-state index in [1.807, 2.05) is 20.8 Å². The molecule has 0 saturated carbocycles. The van der Waals surface area contributed by atoms with Crippen LogP contribution in [0.3, 0.4) is 0 Å². The van der Waals surface area contributed by atoms with Gasteiger partial charge < -0.3 is 5.11 Å². The minimum absolute atomic E-state index is 0.129. The molecular weight excluding hydrogens is 256 g/mol. The summed E-state index contributed by atoms with van der Waals surface area (Å²) in [5.41, 5.74) is -0.301. The highest BCUT2D eigenvalue weighted by atomic mass is 17.2. The third kappa shape index (κ3) is 8.54. The van der Waals surface area contributed by atoms with Crippen molar-refractivity contribution in [1.29, 1.82) is 0 Å². The molecule has 0 rings (SSSR count). The van der Waals surface area contributed by atoms with Gasteiger partial charge in [0.1, 0.15) is 6.10 Å². The highest BCUT2D eigenvalue weighted by Crippen LogP contribution is 2.30. The first kappa shape index (κ1) is 19.4. The van der Waals surface area contributed by atoms with Crippen LogP contribution in [0, 0.1) is 11.3 Å². The van der Waals surface area contributed by atoms with Gasteiger partial charge in [-0.25, -0.2) is 9.78 Å². The first-order chi connectivity index (χ1) is 8.98. The average Bonchev–Trinajstić information content (AvgIpc) is 2.23. The second-order valence-corrected chi connectivity index (χ2v) is 7.47. The van der Waals surface area contributed by atoms with Crippen LogP contribution < -0.4 is 0 Å². The fraction of sp³-hybridized carbons (Fsp3) is 0.938. The Kier molecular flexibility index (Phi) is 7.74. The molecule has 20 heavy (non-hydrogen) atoms. The molecule has 0 radical (unpaired) electrons. The zero-order chi connectivity index (χ0) is 16.0. The predicted octanol–water partition coefficient (Wildman–Crippen LogP) is 4.43. The van der Waals surface area contributed by atoms with Crippen LogP contribution in [0.5, 0.6) is 0 Å². The van der Waals surface area contributed by atoms with Gasteiger partial charge in [-0.3, -0.25) is 4.79 Å². The van der Waals surface area contributed by atoms with Crippen molar-refractivity contribution in [3.63, 3.8) is 0 Å². The Hall–Kier alpha value is -0.610. The van der Waals surface area contributed by atoms with E-state index in [0.717, 1.165) is 19.3 Å². The summed E-state index contributed by atoms with van der Waals surface area (Å²) in [5.74, 6) is -1.33. The van der Waals surface area contributed by atoms with Crippen molar-refractivity contribution >= 4 is 5.97 Å². The first-order valence-corrected chi connectivity index (χ1v) is 7.56. The number of carboxylic acids is 1. The Morgan fingerprint density at radius 3 is 2.15 bits per heavy atom. The lowest BCUT2D eigenvalue weighted by atomic mass is 9.84. The topological polar surface area (TPSA) is 55.8 Å². The van der Waals surface area contributed by atoms with Crippen molar-refractivity contribution in [3.8, 4) is 0 Å². The van der Waals surface area contributed by atoms with Gasteiger partial charge >= 0.3 is 5.97 Å². The molecule has 0 spiro atoms. The zero-order valence-corrected chi connectivity index (χ0v) is 14.2. The van der Waals surface area contributed by atoms with Crippen molar-refractivity contribution < 1.29 is 19.7 Å². The van der Waals surface area contributed by atoms with Crippen molar-refractivity contribution in [2.75, 3.05) is 0 Å². The monoisotopic (exact) mass is 288 g/mol. The maximum atomic E-state index is 11.3. The van der Waals surface area contributed by atoms with Crippen molar-refractivity contribution in [1.82, 2.24) is 0 Å². The number of hydrogen-bond acceptors (Lipinski definition) is 3. The molecule has 0 aromatic rings. The summed E-state index contributed by atoms with van der Waals surface area (Å²) in [5, 5.41) is 9.25. The molecule has 0 aliphatic rings. The molecule has 2 unspecified atom stereocenters. The lowest BCUT2D eigenvalue weighted by Crippen LogP contribution is -2.35. The molecule has 0 aromatic heterocycles. The number of carboxylic acid groups (broad SMARTS) is 1. The fourth-order valence-electron chi connectivity index (χ4n) is 2.56. The molecule has 0 heterocycles.